The van der Waals surface area contributed by atoms with Gasteiger partial charge in [-0.15, -0.1) is 0 Å². The molecule has 2 atom stereocenters. The summed E-state index contributed by atoms with van der Waals surface area (Å²) in [6, 6.07) is 4.28. The van der Waals surface area contributed by atoms with Gasteiger partial charge in [-0.05, 0) is 18.2 Å². The van der Waals surface area contributed by atoms with Crippen molar-refractivity contribution in [3.05, 3.63) is 44.9 Å². The number of rotatable bonds is 1. The Morgan fingerprint density at radius 3 is 2.18 bits per heavy atom. The fourth-order valence-corrected chi connectivity index (χ4v) is 2.27. The Labute approximate surface area is 125 Å². The third kappa shape index (κ3) is 2.17. The Morgan fingerprint density at radius 1 is 0.909 bits per heavy atom. The maximum Gasteiger partial charge on any atom is 0.359 e. The molecule has 0 aliphatic carbocycles. The first-order valence-corrected chi connectivity index (χ1v) is 6.25. The molecule has 7 nitrogen and oxygen atoms in total. The summed E-state index contributed by atoms with van der Waals surface area (Å²) in [4.78, 5) is 0. The van der Waals surface area contributed by atoms with Crippen molar-refractivity contribution >= 4 is 6.08 Å². The number of fused-ring (bicyclic) bond motifs is 1. The van der Waals surface area contributed by atoms with Crippen molar-refractivity contribution in [1.82, 2.24) is 0 Å². The van der Waals surface area contributed by atoms with Crippen molar-refractivity contribution in [2.75, 3.05) is 0 Å². The second-order valence-electron chi connectivity index (χ2n) is 4.85. The van der Waals surface area contributed by atoms with Gasteiger partial charge in [0.1, 0.15) is 16.7 Å². The molecule has 22 heavy (non-hydrogen) atoms. The summed E-state index contributed by atoms with van der Waals surface area (Å²) in [6.07, 6.45) is -2.70. The summed E-state index contributed by atoms with van der Waals surface area (Å²) in [5.74, 6) is -2.69. The van der Waals surface area contributed by atoms with Crippen molar-refractivity contribution in [3.8, 4) is 28.7 Å². The molecule has 1 aliphatic heterocycles. The number of hydrogen-bond donors (Lipinski definition) is 6. The Kier molecular flexibility index (Phi) is 2.80. The summed E-state index contributed by atoms with van der Waals surface area (Å²) >= 11 is 0. The predicted molar refractivity (Wildman–Crippen MR) is 75.9 cm³/mol. The lowest BCUT2D eigenvalue weighted by atomic mass is 10.0. The highest BCUT2D eigenvalue weighted by atomic mass is 16.4. The van der Waals surface area contributed by atoms with Gasteiger partial charge >= 0.3 is 11.5 Å². The lowest BCUT2D eigenvalue weighted by Crippen LogP contribution is -2.35. The molecule has 0 radical (unpaired) electrons. The number of aliphatic hydroxyl groups is 1. The Balaban J connectivity index is 2.26. The first kappa shape index (κ1) is 12.8. The molecule has 1 aliphatic rings. The van der Waals surface area contributed by atoms with Gasteiger partial charge in [0.15, 0.2) is 23.3 Å². The zero-order chi connectivity index (χ0) is 16.9. The highest BCUT2D eigenvalue weighted by Gasteiger charge is 2.34. The molecular formula is C15H13O7+. The molecule has 0 bridgehead atoms. The minimum absolute atomic E-state index is 0.0106. The Bertz CT molecular complexity index is 897. The smallest absolute Gasteiger partial charge is 0.359 e. The van der Waals surface area contributed by atoms with E-state index < -0.39 is 29.4 Å². The van der Waals surface area contributed by atoms with Gasteiger partial charge in [0.05, 0.1) is 13.0 Å². The molecule has 2 aromatic rings. The van der Waals surface area contributed by atoms with Crippen molar-refractivity contribution in [2.45, 2.75) is 12.2 Å². The monoisotopic (exact) mass is 306 g/mol. The molecule has 2 aromatic carbocycles. The minimum atomic E-state index is -2.34. The third-order valence-electron chi connectivity index (χ3n) is 3.31. The van der Waals surface area contributed by atoms with E-state index in [4.69, 9.17) is 5.80 Å². The van der Waals surface area contributed by atoms with Crippen LogP contribution >= 0.6 is 0 Å². The first-order chi connectivity index (χ1) is 10.7. The second kappa shape index (κ2) is 4.81. The molecule has 6 N–H and O–H groups in total. The minimum Gasteiger partial charge on any atom is -0.507 e. The van der Waals surface area contributed by atoms with Gasteiger partial charge in [0.25, 0.3) is 0 Å². The van der Waals surface area contributed by atoms with Crippen LogP contribution in [0.25, 0.3) is 6.08 Å². The summed E-state index contributed by atoms with van der Waals surface area (Å²) in [5, 5.41) is 58.1. The normalized spacial score (nSPS) is 23.9. The molecule has 0 spiro atoms. The van der Waals surface area contributed by atoms with Gasteiger partial charge in [0, 0.05) is 6.07 Å². The summed E-state index contributed by atoms with van der Waals surface area (Å²) in [7, 11) is 0. The van der Waals surface area contributed by atoms with Crippen LogP contribution in [0.2, 0.25) is 0 Å². The lowest BCUT2D eigenvalue weighted by molar-refractivity contribution is 0.215. The van der Waals surface area contributed by atoms with Crippen LogP contribution in [0.15, 0.2) is 28.7 Å². The topological polar surface area (TPSA) is 133 Å². The molecule has 3 rings (SSSR count). The number of benzene rings is 2. The van der Waals surface area contributed by atoms with Crippen LogP contribution in [-0.2, 0) is 0 Å². The SMILES string of the molecule is [2H]C1(O)C=c2c(O)cc(O)cc2=[O+]C1c1cc(O)c(O)c(O)c1. The van der Waals surface area contributed by atoms with Gasteiger partial charge in [-0.2, -0.15) is 0 Å². The average molecular weight is 306 g/mol. The summed E-state index contributed by atoms with van der Waals surface area (Å²) in [6.45, 7) is 0. The van der Waals surface area contributed by atoms with Crippen molar-refractivity contribution in [1.29, 1.82) is 0 Å². The number of phenolic OH excluding ortho intramolecular Hbond substituents is 5. The zero-order valence-corrected chi connectivity index (χ0v) is 11.1. The molecule has 114 valence electrons. The largest absolute Gasteiger partial charge is 0.507 e. The van der Waals surface area contributed by atoms with E-state index in [0.29, 0.717) is 0 Å². The van der Waals surface area contributed by atoms with Crippen LogP contribution in [0.4, 0.5) is 0 Å². The van der Waals surface area contributed by atoms with Crippen LogP contribution in [0, 0.1) is 0 Å². The van der Waals surface area contributed by atoms with Gasteiger partial charge in [-0.3, -0.25) is 0 Å². The standard InChI is InChI=1S/C15H12O7/c16-7-3-9(17)8-5-12(20)15(22-13(8)4-7)6-1-10(18)14(21)11(19)2-6/h1-5,12,15,20H,(H4-,16,17,18,19,21)/p+1/i12D. The van der Waals surface area contributed by atoms with Crippen molar-refractivity contribution in [3.63, 3.8) is 0 Å². The third-order valence-corrected chi connectivity index (χ3v) is 3.31. The van der Waals surface area contributed by atoms with E-state index in [0.717, 1.165) is 24.3 Å². The maximum absolute atomic E-state index is 10.3. The van der Waals surface area contributed by atoms with Crippen LogP contribution in [0.1, 0.15) is 13.0 Å². The molecule has 1 heterocycles. The van der Waals surface area contributed by atoms with E-state index in [1.165, 1.54) is 6.07 Å². The maximum atomic E-state index is 10.3. The lowest BCUT2D eigenvalue weighted by Gasteiger charge is -2.12. The first-order valence-electron chi connectivity index (χ1n) is 6.75. The van der Waals surface area contributed by atoms with Gasteiger partial charge in [0.2, 0.25) is 0 Å². The van der Waals surface area contributed by atoms with E-state index in [9.17, 15) is 30.6 Å². The number of hydrogen-bond acceptors (Lipinski definition) is 6. The molecule has 0 saturated heterocycles. The van der Waals surface area contributed by atoms with Crippen molar-refractivity contribution in [2.24, 2.45) is 0 Å². The predicted octanol–water partition coefficient (Wildman–Crippen LogP) is -0.274. The molecule has 0 fully saturated rings. The highest BCUT2D eigenvalue weighted by Crippen LogP contribution is 2.38. The van der Waals surface area contributed by atoms with E-state index in [2.05, 4.69) is 0 Å². The summed E-state index contributed by atoms with van der Waals surface area (Å²) < 4.78 is 13.4. The van der Waals surface area contributed by atoms with Gasteiger partial charge < -0.3 is 30.6 Å². The van der Waals surface area contributed by atoms with Crippen LogP contribution < -0.4 is 10.6 Å². The fourth-order valence-electron chi connectivity index (χ4n) is 2.27. The summed E-state index contributed by atoms with van der Waals surface area (Å²) in [5.41, 5.74) is 0.0245. The van der Waals surface area contributed by atoms with E-state index in [1.54, 1.807) is 0 Å². The van der Waals surface area contributed by atoms with Gasteiger partial charge in [-0.1, -0.05) is 0 Å². The quantitative estimate of drug-likeness (QED) is 0.317. The molecule has 7 heteroatoms. The highest BCUT2D eigenvalue weighted by molar-refractivity contribution is 5.54. The number of aromatic hydroxyl groups is 5. The molecule has 2 unspecified atom stereocenters. The number of phenols is 5. The average Bonchev–Trinajstić information content (AvgIpc) is 2.44. The van der Waals surface area contributed by atoms with Crippen LogP contribution in [0.5, 0.6) is 28.7 Å². The molecular weight excluding hydrogens is 292 g/mol. The van der Waals surface area contributed by atoms with Crippen LogP contribution in [-0.4, -0.2) is 36.7 Å². The van der Waals surface area contributed by atoms with E-state index >= 15 is 0 Å². The Morgan fingerprint density at radius 2 is 1.55 bits per heavy atom. The fraction of sp³-hybridized carbons (Fsp3) is 0.133. The zero-order valence-electron chi connectivity index (χ0n) is 12.1. The molecule has 0 saturated carbocycles. The van der Waals surface area contributed by atoms with E-state index in [1.807, 2.05) is 0 Å². The second-order valence-corrected chi connectivity index (χ2v) is 4.85. The molecule has 0 amide bonds. The molecule has 0 aromatic heterocycles. The van der Waals surface area contributed by atoms with E-state index in [-0.39, 0.29) is 27.7 Å². The van der Waals surface area contributed by atoms with Crippen molar-refractivity contribution < 1.29 is 32.0 Å². The van der Waals surface area contributed by atoms with Crippen LogP contribution in [0.3, 0.4) is 0 Å². The Hall–Kier alpha value is -2.93. The van der Waals surface area contributed by atoms with Gasteiger partial charge in [-0.25, -0.2) is 4.42 Å².